The van der Waals surface area contributed by atoms with E-state index in [4.69, 9.17) is 38.6 Å². The highest BCUT2D eigenvalue weighted by atomic mass is 79.9. The molecule has 8 heteroatoms. The van der Waals surface area contributed by atoms with E-state index in [0.717, 1.165) is 0 Å². The standard InChI is InChI=1S/C9H6BrCl3O3S/c1-5(10)4-16-9-7(11)2-6(3-8(9)12)17(13,14)15/h2-3H,1,4H2. The third-order valence-corrected chi connectivity index (χ3v) is 3.75. The lowest BCUT2D eigenvalue weighted by atomic mass is 10.3. The van der Waals surface area contributed by atoms with Crippen LogP contribution < -0.4 is 4.74 Å². The lowest BCUT2D eigenvalue weighted by Crippen LogP contribution is -1.99. The smallest absolute Gasteiger partial charge is 0.261 e. The summed E-state index contributed by atoms with van der Waals surface area (Å²) in [6.07, 6.45) is 0. The largest absolute Gasteiger partial charge is 0.485 e. The lowest BCUT2D eigenvalue weighted by molar-refractivity contribution is 0.361. The average molecular weight is 380 g/mol. The molecule has 0 amide bonds. The van der Waals surface area contributed by atoms with Crippen LogP contribution in [0.15, 0.2) is 28.1 Å². The molecule has 0 aliphatic rings. The topological polar surface area (TPSA) is 43.4 Å². The van der Waals surface area contributed by atoms with Crippen LogP contribution in [0.4, 0.5) is 0 Å². The highest BCUT2D eigenvalue weighted by Gasteiger charge is 2.16. The first kappa shape index (κ1) is 15.1. The van der Waals surface area contributed by atoms with Crippen LogP contribution >= 0.6 is 49.8 Å². The van der Waals surface area contributed by atoms with Crippen molar-refractivity contribution in [3.05, 3.63) is 33.2 Å². The van der Waals surface area contributed by atoms with Crippen molar-refractivity contribution in [2.75, 3.05) is 6.61 Å². The van der Waals surface area contributed by atoms with Crippen molar-refractivity contribution in [3.63, 3.8) is 0 Å². The predicted octanol–water partition coefficient (Wildman–Crippen LogP) is 4.21. The summed E-state index contributed by atoms with van der Waals surface area (Å²) in [5.74, 6) is 0.179. The fraction of sp³-hybridized carbons (Fsp3) is 0.111. The summed E-state index contributed by atoms with van der Waals surface area (Å²) in [6.45, 7) is 3.73. The van der Waals surface area contributed by atoms with Gasteiger partial charge in [0, 0.05) is 15.2 Å². The van der Waals surface area contributed by atoms with Crippen LogP contribution in [0.3, 0.4) is 0 Å². The molecular weight excluding hydrogens is 374 g/mol. The van der Waals surface area contributed by atoms with E-state index >= 15 is 0 Å². The zero-order chi connectivity index (χ0) is 13.2. The van der Waals surface area contributed by atoms with E-state index in [9.17, 15) is 8.42 Å². The Bertz CT molecular complexity index is 534. The van der Waals surface area contributed by atoms with E-state index < -0.39 is 9.05 Å². The zero-order valence-electron chi connectivity index (χ0n) is 8.21. The summed E-state index contributed by atoms with van der Waals surface area (Å²) in [6, 6.07) is 2.34. The van der Waals surface area contributed by atoms with Crippen molar-refractivity contribution >= 4 is 58.9 Å². The van der Waals surface area contributed by atoms with Crippen LogP contribution in [0, 0.1) is 0 Å². The van der Waals surface area contributed by atoms with Crippen molar-refractivity contribution in [3.8, 4) is 5.75 Å². The summed E-state index contributed by atoms with van der Waals surface area (Å²) < 4.78 is 28.0. The first-order chi connectivity index (χ1) is 7.71. The highest BCUT2D eigenvalue weighted by molar-refractivity contribution is 9.11. The van der Waals surface area contributed by atoms with Gasteiger partial charge in [-0.1, -0.05) is 45.7 Å². The normalized spacial score (nSPS) is 11.3. The van der Waals surface area contributed by atoms with Gasteiger partial charge in [-0.2, -0.15) is 0 Å². The number of hydrogen-bond donors (Lipinski definition) is 0. The van der Waals surface area contributed by atoms with E-state index in [0.29, 0.717) is 4.48 Å². The third kappa shape index (κ3) is 4.34. The van der Waals surface area contributed by atoms with E-state index in [-0.39, 0.29) is 27.3 Å². The maximum Gasteiger partial charge on any atom is 0.261 e. The van der Waals surface area contributed by atoms with Gasteiger partial charge >= 0.3 is 0 Å². The van der Waals surface area contributed by atoms with Crippen LogP contribution in [-0.2, 0) is 9.05 Å². The molecule has 0 aliphatic heterocycles. The van der Waals surface area contributed by atoms with Crippen LogP contribution in [0.5, 0.6) is 5.75 Å². The van der Waals surface area contributed by atoms with E-state index in [1.165, 1.54) is 12.1 Å². The molecule has 0 bridgehead atoms. The van der Waals surface area contributed by atoms with Crippen molar-refractivity contribution < 1.29 is 13.2 Å². The van der Waals surface area contributed by atoms with Gasteiger partial charge in [-0.25, -0.2) is 8.42 Å². The first-order valence-electron chi connectivity index (χ1n) is 4.11. The molecule has 17 heavy (non-hydrogen) atoms. The molecule has 0 heterocycles. The zero-order valence-corrected chi connectivity index (χ0v) is 12.9. The van der Waals surface area contributed by atoms with Gasteiger partial charge in [0.2, 0.25) is 0 Å². The van der Waals surface area contributed by atoms with Gasteiger partial charge in [0.25, 0.3) is 9.05 Å². The first-order valence-corrected chi connectivity index (χ1v) is 7.97. The van der Waals surface area contributed by atoms with Gasteiger partial charge in [-0.3, -0.25) is 0 Å². The van der Waals surface area contributed by atoms with Crippen molar-refractivity contribution in [2.24, 2.45) is 0 Å². The summed E-state index contributed by atoms with van der Waals surface area (Å²) in [5.41, 5.74) is 0. The molecule has 0 fully saturated rings. The second-order valence-corrected chi connectivity index (χ2v) is 7.46. The molecule has 0 atom stereocenters. The molecule has 1 aromatic carbocycles. The van der Waals surface area contributed by atoms with Crippen molar-refractivity contribution in [1.82, 2.24) is 0 Å². The Hall–Kier alpha value is 0.0600. The molecule has 0 saturated carbocycles. The minimum atomic E-state index is -3.87. The third-order valence-electron chi connectivity index (χ3n) is 1.63. The lowest BCUT2D eigenvalue weighted by Gasteiger charge is -2.10. The molecule has 1 rings (SSSR count). The summed E-state index contributed by atoms with van der Waals surface area (Å²) in [4.78, 5) is -0.181. The van der Waals surface area contributed by atoms with E-state index in [2.05, 4.69) is 22.5 Å². The maximum absolute atomic E-state index is 11.1. The Kier molecular flexibility index (Phi) is 5.16. The minimum absolute atomic E-state index is 0.0606. The SMILES string of the molecule is C=C(Br)COc1c(Cl)cc(S(=O)(=O)Cl)cc1Cl. The van der Waals surface area contributed by atoms with Crippen LogP contribution in [0.2, 0.25) is 10.0 Å². The van der Waals surface area contributed by atoms with E-state index in [1.807, 2.05) is 0 Å². The molecule has 0 N–H and O–H groups in total. The number of benzene rings is 1. The van der Waals surface area contributed by atoms with Gasteiger partial charge in [0.1, 0.15) is 6.61 Å². The molecule has 94 valence electrons. The summed E-state index contributed by atoms with van der Waals surface area (Å²) >= 11 is 14.8. The van der Waals surface area contributed by atoms with Gasteiger partial charge < -0.3 is 4.74 Å². The Morgan fingerprint density at radius 2 is 1.82 bits per heavy atom. The Balaban J connectivity index is 3.15. The molecule has 0 saturated heterocycles. The molecule has 0 aliphatic carbocycles. The Morgan fingerprint density at radius 3 is 2.18 bits per heavy atom. The Labute approximate surface area is 122 Å². The monoisotopic (exact) mass is 378 g/mol. The van der Waals surface area contributed by atoms with Gasteiger partial charge in [-0.15, -0.1) is 0 Å². The predicted molar refractivity (Wildman–Crippen MR) is 73.1 cm³/mol. The number of rotatable bonds is 4. The molecule has 3 nitrogen and oxygen atoms in total. The maximum atomic E-state index is 11.1. The minimum Gasteiger partial charge on any atom is -0.485 e. The molecule has 1 aromatic rings. The van der Waals surface area contributed by atoms with E-state index in [1.54, 1.807) is 0 Å². The quantitative estimate of drug-likeness (QED) is 0.735. The van der Waals surface area contributed by atoms with Gasteiger partial charge in [0.15, 0.2) is 5.75 Å². The number of halogens is 4. The van der Waals surface area contributed by atoms with Crippen molar-refractivity contribution in [2.45, 2.75) is 4.90 Å². The number of hydrogen-bond acceptors (Lipinski definition) is 3. The van der Waals surface area contributed by atoms with Crippen LogP contribution in [0.1, 0.15) is 0 Å². The molecule has 0 aromatic heterocycles. The van der Waals surface area contributed by atoms with Crippen molar-refractivity contribution in [1.29, 1.82) is 0 Å². The fourth-order valence-corrected chi connectivity index (χ4v) is 2.59. The molecule has 0 unspecified atom stereocenters. The average Bonchev–Trinajstić information content (AvgIpc) is 2.14. The van der Waals surface area contributed by atoms with Gasteiger partial charge in [-0.05, 0) is 12.1 Å². The Morgan fingerprint density at radius 1 is 1.35 bits per heavy atom. The number of ether oxygens (including phenoxy) is 1. The summed E-state index contributed by atoms with van der Waals surface area (Å²) in [7, 11) is 1.30. The van der Waals surface area contributed by atoms with Crippen LogP contribution in [0.25, 0.3) is 0 Å². The highest BCUT2D eigenvalue weighted by Crippen LogP contribution is 2.36. The summed E-state index contributed by atoms with van der Waals surface area (Å²) in [5, 5.41) is 0.121. The van der Waals surface area contributed by atoms with Crippen LogP contribution in [-0.4, -0.2) is 15.0 Å². The fourth-order valence-electron chi connectivity index (χ4n) is 0.966. The van der Waals surface area contributed by atoms with Gasteiger partial charge in [0.05, 0.1) is 14.9 Å². The second-order valence-electron chi connectivity index (χ2n) is 2.96. The molecule has 0 spiro atoms. The second kappa shape index (κ2) is 5.80. The molecular formula is C9H6BrCl3O3S. The molecule has 0 radical (unpaired) electrons.